The molecule has 4 heterocycles. The van der Waals surface area contributed by atoms with Crippen molar-refractivity contribution >= 4 is 43.4 Å². The van der Waals surface area contributed by atoms with Crippen molar-refractivity contribution in [2.75, 3.05) is 0 Å². The Morgan fingerprint density at radius 1 is 0.125 bits per heavy atom. The Labute approximate surface area is 794 Å². The Bertz CT molecular complexity index is 8040. The summed E-state index contributed by atoms with van der Waals surface area (Å²) >= 11 is 0. The van der Waals surface area contributed by atoms with E-state index in [2.05, 4.69) is 492 Å². The van der Waals surface area contributed by atoms with E-state index in [-0.39, 0.29) is 21.7 Å². The minimum absolute atomic E-state index is 0.105. The molecule has 644 valence electrons. The normalized spacial score (nSPS) is 13.8. The van der Waals surface area contributed by atoms with Gasteiger partial charge in [0, 0.05) is 76.6 Å². The molecule has 4 aromatic heterocycles. The second-order valence-electron chi connectivity index (χ2n) is 39.4. The van der Waals surface area contributed by atoms with Crippen molar-refractivity contribution in [2.24, 2.45) is 0 Å². The number of fused-ring (bicyclic) bond motifs is 18. The monoisotopic (exact) mass is 1740 g/mol. The van der Waals surface area contributed by atoms with E-state index >= 15 is 0 Å². The molecule has 136 heavy (non-hydrogen) atoms. The van der Waals surface area contributed by atoms with Gasteiger partial charge in [0.1, 0.15) is 0 Å². The van der Waals surface area contributed by atoms with Crippen LogP contribution in [0.25, 0.3) is 222 Å². The number of rotatable bonds is 12. The van der Waals surface area contributed by atoms with E-state index in [1.807, 2.05) is 0 Å². The second-order valence-corrected chi connectivity index (χ2v) is 39.4. The zero-order valence-electron chi connectivity index (χ0n) is 77.4. The Morgan fingerprint density at radius 3 is 0.625 bits per heavy atom. The molecule has 0 fully saturated rings. The summed E-state index contributed by atoms with van der Waals surface area (Å²) in [7, 11) is 0. The summed E-state index contributed by atoms with van der Waals surface area (Å²) < 4.78 is 0. The SMILES string of the molecule is CC1(C)c2ccccc2-c2ccc(-c3cc4c(-c5ccc6c(c5)C(C)(C)c5ccccc5-6)cc(-c5ccc(-c6cc(-c7ccccc7)cc(-c7ccccc7)n6)cc5)nc4c4ccccc34)cc21.CC1(C)c2ccccc2-c2ccc(-c3cc4c(-c5ccc6c(c5)C(C)(C)c5ccccc5-6)cc(-c5ccc(-c6cc(-c7ccccc7)nc(-c7ccccc7)c6)cc5)nc4c4ccccc34)cc21. The Morgan fingerprint density at radius 2 is 0.331 bits per heavy atom. The van der Waals surface area contributed by atoms with Crippen LogP contribution in [0.5, 0.6) is 0 Å². The summed E-state index contributed by atoms with van der Waals surface area (Å²) in [4.78, 5) is 21.7. The molecule has 4 nitrogen and oxygen atoms in total. The number of aromatic nitrogens is 4. The maximum Gasteiger partial charge on any atom is 0.0794 e. The maximum absolute atomic E-state index is 5.64. The predicted molar refractivity (Wildman–Crippen MR) is 570 cm³/mol. The van der Waals surface area contributed by atoms with Crippen LogP contribution < -0.4 is 0 Å². The standard InChI is InChI=1S/2C66H48N2/c1-65(2)57-25-15-13-22-49(57)51-33-31-45(35-59(51)65)54-39-56-55(46-32-34-52-50-23-14-16-26-58(50)66(3,4)60(52)36-46)40-63(68-64(56)53-24-12-11-21-48(53)54)44-29-27-41(28-30-44)47-37-61(42-17-7-5-8-18-42)67-62(38-47)43-19-9-6-10-20-43;1-65(2)57-25-15-13-22-49(57)51-33-31-45(35-59(51)65)54-39-56-55(46-32-34-52-50-23-14-16-26-58(50)66(3,4)60(52)36-46)40-63(68-64(56)53-24-12-11-21-48(53)54)44-29-27-43(28-30-44)62-38-47(41-17-7-5-8-18-41)37-61(67-62)42-19-9-6-10-20-42/h2*5-40H,1-4H3. The van der Waals surface area contributed by atoms with Gasteiger partial charge in [-0.05, 0) is 239 Å². The van der Waals surface area contributed by atoms with Crippen LogP contribution in [-0.2, 0) is 21.7 Å². The summed E-state index contributed by atoms with van der Waals surface area (Å²) in [5.41, 5.74) is 49.5. The number of hydrogen-bond acceptors (Lipinski definition) is 4. The predicted octanol–water partition coefficient (Wildman–Crippen LogP) is 34.8. The molecule has 0 saturated heterocycles. The van der Waals surface area contributed by atoms with Crippen molar-refractivity contribution in [2.45, 2.75) is 77.0 Å². The van der Waals surface area contributed by atoms with Crippen molar-refractivity contribution in [3.8, 4) is 179 Å². The topological polar surface area (TPSA) is 51.6 Å². The molecular weight excluding hydrogens is 1640 g/mol. The van der Waals surface area contributed by atoms with Crippen molar-refractivity contribution in [1.29, 1.82) is 0 Å². The summed E-state index contributed by atoms with van der Waals surface area (Å²) in [6.07, 6.45) is 0. The van der Waals surface area contributed by atoms with Gasteiger partial charge in [0.2, 0.25) is 0 Å². The molecule has 0 bridgehead atoms. The average Bonchev–Trinajstić information content (AvgIpc) is 1.50. The van der Waals surface area contributed by atoms with Gasteiger partial charge in [0.05, 0.1) is 45.2 Å². The molecule has 0 amide bonds. The van der Waals surface area contributed by atoms with E-state index in [9.17, 15) is 0 Å². The number of hydrogen-bond donors (Lipinski definition) is 0. The molecule has 18 aromatic carbocycles. The molecule has 26 rings (SSSR count). The van der Waals surface area contributed by atoms with E-state index in [0.717, 1.165) is 122 Å². The Hall–Kier alpha value is -16.4. The first-order valence-electron chi connectivity index (χ1n) is 47.6. The summed E-state index contributed by atoms with van der Waals surface area (Å²) in [6.45, 7) is 18.9. The van der Waals surface area contributed by atoms with Crippen LogP contribution in [0.3, 0.4) is 0 Å². The lowest BCUT2D eigenvalue weighted by Gasteiger charge is -2.23. The van der Waals surface area contributed by atoms with Crippen LogP contribution in [0.4, 0.5) is 0 Å². The van der Waals surface area contributed by atoms with Crippen molar-refractivity contribution < 1.29 is 0 Å². The van der Waals surface area contributed by atoms with Gasteiger partial charge in [-0.25, -0.2) is 19.9 Å². The molecule has 0 aliphatic heterocycles. The molecule has 0 atom stereocenters. The molecule has 4 aliphatic rings. The van der Waals surface area contributed by atoms with Gasteiger partial charge in [-0.2, -0.15) is 0 Å². The van der Waals surface area contributed by atoms with E-state index < -0.39 is 0 Å². The highest BCUT2D eigenvalue weighted by Gasteiger charge is 2.40. The fourth-order valence-electron chi connectivity index (χ4n) is 22.9. The Balaban J connectivity index is 0.000000145. The lowest BCUT2D eigenvalue weighted by atomic mass is 9.81. The minimum atomic E-state index is -0.137. The highest BCUT2D eigenvalue weighted by molar-refractivity contribution is 6.18. The number of benzene rings is 18. The van der Waals surface area contributed by atoms with Crippen LogP contribution in [0.2, 0.25) is 0 Å². The zero-order valence-corrected chi connectivity index (χ0v) is 77.4. The van der Waals surface area contributed by atoms with Crippen LogP contribution >= 0.6 is 0 Å². The van der Waals surface area contributed by atoms with Gasteiger partial charge in [-0.15, -0.1) is 0 Å². The smallest absolute Gasteiger partial charge is 0.0794 e. The van der Waals surface area contributed by atoms with Crippen molar-refractivity contribution in [3.63, 3.8) is 0 Å². The van der Waals surface area contributed by atoms with Crippen LogP contribution in [0.15, 0.2) is 437 Å². The number of nitrogens with zero attached hydrogens (tertiary/aromatic N) is 4. The fourth-order valence-corrected chi connectivity index (χ4v) is 22.9. The van der Waals surface area contributed by atoms with Gasteiger partial charge in [0.25, 0.3) is 0 Å². The quantitative estimate of drug-likeness (QED) is 0.114. The van der Waals surface area contributed by atoms with Gasteiger partial charge >= 0.3 is 0 Å². The molecule has 4 aliphatic carbocycles. The maximum atomic E-state index is 5.64. The summed E-state index contributed by atoms with van der Waals surface area (Å²) in [5, 5.41) is 6.98. The first-order valence-corrected chi connectivity index (χ1v) is 47.6. The van der Waals surface area contributed by atoms with Gasteiger partial charge in [-0.1, -0.05) is 419 Å². The van der Waals surface area contributed by atoms with E-state index in [4.69, 9.17) is 19.9 Å². The molecule has 22 aromatic rings. The highest BCUT2D eigenvalue weighted by Crippen LogP contribution is 2.57. The van der Waals surface area contributed by atoms with Crippen LogP contribution in [0.1, 0.15) is 99.9 Å². The molecule has 0 unspecified atom stereocenters. The zero-order chi connectivity index (χ0) is 91.5. The summed E-state index contributed by atoms with van der Waals surface area (Å²) in [6, 6.07) is 160. The third-order valence-electron chi connectivity index (χ3n) is 30.2. The third-order valence-corrected chi connectivity index (χ3v) is 30.2. The van der Waals surface area contributed by atoms with Gasteiger partial charge in [0.15, 0.2) is 0 Å². The molecule has 4 heteroatoms. The molecular formula is C132H96N4. The highest BCUT2D eigenvalue weighted by atomic mass is 14.7. The fraction of sp³-hybridized carbons (Fsp3) is 0.0909. The first kappa shape index (κ1) is 81.6. The van der Waals surface area contributed by atoms with Gasteiger partial charge in [-0.3, -0.25) is 0 Å². The van der Waals surface area contributed by atoms with Crippen LogP contribution in [-0.4, -0.2) is 19.9 Å². The van der Waals surface area contributed by atoms with E-state index in [0.29, 0.717) is 0 Å². The van der Waals surface area contributed by atoms with Crippen molar-refractivity contribution in [3.05, 3.63) is 481 Å². The minimum Gasteiger partial charge on any atom is -0.248 e. The second kappa shape index (κ2) is 31.7. The molecule has 0 radical (unpaired) electrons. The van der Waals surface area contributed by atoms with Crippen molar-refractivity contribution in [1.82, 2.24) is 19.9 Å². The molecule has 0 N–H and O–H groups in total. The van der Waals surface area contributed by atoms with E-state index in [1.54, 1.807) is 0 Å². The largest absolute Gasteiger partial charge is 0.248 e. The van der Waals surface area contributed by atoms with E-state index in [1.165, 1.54) is 144 Å². The van der Waals surface area contributed by atoms with Crippen LogP contribution in [0, 0.1) is 0 Å². The molecule has 0 spiro atoms. The van der Waals surface area contributed by atoms with Gasteiger partial charge < -0.3 is 0 Å². The lowest BCUT2D eigenvalue weighted by Crippen LogP contribution is -2.15. The molecule has 0 saturated carbocycles. The first-order chi connectivity index (χ1) is 66.4. The average molecular weight is 1740 g/mol. The number of pyridine rings is 4. The Kier molecular flexibility index (Phi) is 19.0. The summed E-state index contributed by atoms with van der Waals surface area (Å²) in [5.74, 6) is 0. The lowest BCUT2D eigenvalue weighted by molar-refractivity contribution is 0.660. The third kappa shape index (κ3) is 13.4.